The topological polar surface area (TPSA) is 45.7 Å². The molecule has 2 aromatic rings. The molecule has 2 rings (SSSR count). The van der Waals surface area contributed by atoms with E-state index in [4.69, 9.17) is 4.74 Å². The first-order chi connectivity index (χ1) is 12.6. The highest BCUT2D eigenvalue weighted by atomic mass is 19.1. The molecule has 0 spiro atoms. The second-order valence-electron chi connectivity index (χ2n) is 5.86. The molecule has 0 aliphatic rings. The van der Waals surface area contributed by atoms with E-state index < -0.39 is 0 Å². The molecule has 0 radical (unpaired) electrons. The zero-order chi connectivity index (χ0) is 18.8. The number of benzene rings is 2. The summed E-state index contributed by atoms with van der Waals surface area (Å²) >= 11 is 0. The van der Waals surface area contributed by atoms with E-state index >= 15 is 0 Å². The number of nitrogens with one attached hydrogen (secondary N) is 2. The van der Waals surface area contributed by atoms with Crippen LogP contribution in [0.3, 0.4) is 0 Å². The van der Waals surface area contributed by atoms with Gasteiger partial charge in [-0.15, -0.1) is 0 Å². The monoisotopic (exact) mass is 361 g/mol. The first kappa shape index (κ1) is 19.8. The van der Waals surface area contributed by atoms with Gasteiger partial charge in [0.25, 0.3) is 0 Å². The van der Waals surface area contributed by atoms with Gasteiger partial charge in [0.2, 0.25) is 0 Å². The summed E-state index contributed by atoms with van der Waals surface area (Å²) in [5.74, 6) is 0.160. The van der Waals surface area contributed by atoms with E-state index in [0.717, 1.165) is 17.7 Å². The number of hydrogen-bond donors (Lipinski definition) is 2. The Labute approximate surface area is 153 Å². The average molecular weight is 361 g/mol. The van der Waals surface area contributed by atoms with Gasteiger partial charge in [-0.05, 0) is 48.7 Å². The fourth-order valence-corrected chi connectivity index (χ4v) is 2.52. The summed E-state index contributed by atoms with van der Waals surface area (Å²) < 4.78 is 31.9. The Morgan fingerprint density at radius 3 is 2.65 bits per heavy atom. The Bertz CT molecular complexity index is 735. The Morgan fingerprint density at radius 1 is 1.08 bits per heavy atom. The van der Waals surface area contributed by atoms with Crippen LogP contribution in [-0.2, 0) is 24.3 Å². The van der Waals surface area contributed by atoms with Gasteiger partial charge in [-0.2, -0.15) is 0 Å². The zero-order valence-corrected chi connectivity index (χ0v) is 15.2. The molecule has 0 aliphatic heterocycles. The maximum atomic E-state index is 13.7. The molecule has 140 valence electrons. The summed E-state index contributed by atoms with van der Waals surface area (Å²) in [6.07, 6.45) is 0.691. The molecule has 0 aliphatic carbocycles. The summed E-state index contributed by atoms with van der Waals surface area (Å²) in [6, 6.07) is 11.5. The predicted octanol–water partition coefficient (Wildman–Crippen LogP) is 3.41. The van der Waals surface area contributed by atoms with Crippen molar-refractivity contribution in [2.45, 2.75) is 26.5 Å². The molecule has 0 saturated carbocycles. The Morgan fingerprint density at radius 2 is 1.92 bits per heavy atom. The molecule has 4 nitrogen and oxygen atoms in total. The molecule has 26 heavy (non-hydrogen) atoms. The number of hydrogen-bond acceptors (Lipinski definition) is 2. The molecule has 0 atom stereocenters. The van der Waals surface area contributed by atoms with E-state index in [1.165, 1.54) is 25.3 Å². The number of methoxy groups -OCH3 is 1. The summed E-state index contributed by atoms with van der Waals surface area (Å²) in [6.45, 7) is 4.00. The minimum Gasteiger partial charge on any atom is -0.380 e. The highest BCUT2D eigenvalue weighted by Gasteiger charge is 2.04. The molecule has 0 unspecified atom stereocenters. The van der Waals surface area contributed by atoms with E-state index in [9.17, 15) is 8.78 Å². The summed E-state index contributed by atoms with van der Waals surface area (Å²) in [7, 11) is 1.54. The fourth-order valence-electron chi connectivity index (χ4n) is 2.52. The van der Waals surface area contributed by atoms with Crippen molar-refractivity contribution >= 4 is 5.96 Å². The quantitative estimate of drug-likeness (QED) is 0.559. The molecule has 0 bridgehead atoms. The Hall–Kier alpha value is -2.47. The van der Waals surface area contributed by atoms with Crippen LogP contribution in [0.1, 0.15) is 23.6 Å². The normalized spacial score (nSPS) is 11.5. The van der Waals surface area contributed by atoms with Crippen LogP contribution in [-0.4, -0.2) is 26.2 Å². The second kappa shape index (κ2) is 10.5. The third-order valence-electron chi connectivity index (χ3n) is 3.77. The molecule has 0 aromatic heterocycles. The van der Waals surface area contributed by atoms with Crippen molar-refractivity contribution in [2.24, 2.45) is 4.99 Å². The predicted molar refractivity (Wildman–Crippen MR) is 100 cm³/mol. The molecule has 0 fully saturated rings. The third kappa shape index (κ3) is 6.44. The lowest BCUT2D eigenvalue weighted by Crippen LogP contribution is -2.38. The SMILES string of the molecule is CCNC(=NCc1ccc(F)c(COC)c1)NCCc1cccc(F)c1. The molecular formula is C20H25F2N3O. The third-order valence-corrected chi connectivity index (χ3v) is 3.77. The van der Waals surface area contributed by atoms with Crippen LogP contribution >= 0.6 is 0 Å². The number of halogens is 2. The minimum atomic E-state index is -0.278. The highest BCUT2D eigenvalue weighted by molar-refractivity contribution is 5.79. The van der Waals surface area contributed by atoms with Crippen LogP contribution in [0.15, 0.2) is 47.5 Å². The van der Waals surface area contributed by atoms with Gasteiger partial charge in [-0.25, -0.2) is 13.8 Å². The van der Waals surface area contributed by atoms with E-state index in [-0.39, 0.29) is 18.2 Å². The lowest BCUT2D eigenvalue weighted by molar-refractivity contribution is 0.181. The van der Waals surface area contributed by atoms with Gasteiger partial charge in [-0.3, -0.25) is 0 Å². The van der Waals surface area contributed by atoms with Gasteiger partial charge in [0.1, 0.15) is 11.6 Å². The summed E-state index contributed by atoms with van der Waals surface area (Å²) in [4.78, 5) is 4.52. The molecule has 0 heterocycles. The van der Waals surface area contributed by atoms with Crippen molar-refractivity contribution < 1.29 is 13.5 Å². The lowest BCUT2D eigenvalue weighted by Gasteiger charge is -2.12. The van der Waals surface area contributed by atoms with Crippen molar-refractivity contribution in [1.82, 2.24) is 10.6 Å². The van der Waals surface area contributed by atoms with Crippen molar-refractivity contribution in [3.63, 3.8) is 0 Å². The van der Waals surface area contributed by atoms with Crippen molar-refractivity contribution in [3.8, 4) is 0 Å². The highest BCUT2D eigenvalue weighted by Crippen LogP contribution is 2.12. The number of aliphatic imine (C=N–C) groups is 1. The maximum absolute atomic E-state index is 13.7. The second-order valence-corrected chi connectivity index (χ2v) is 5.86. The first-order valence-corrected chi connectivity index (χ1v) is 8.65. The molecule has 2 N–H and O–H groups in total. The van der Waals surface area contributed by atoms with Gasteiger partial charge in [0, 0.05) is 25.8 Å². The van der Waals surface area contributed by atoms with E-state index in [1.54, 1.807) is 18.2 Å². The molecule has 0 saturated heterocycles. The van der Waals surface area contributed by atoms with Gasteiger partial charge in [0.15, 0.2) is 5.96 Å². The number of nitrogens with zero attached hydrogens (tertiary/aromatic N) is 1. The minimum absolute atomic E-state index is 0.230. The van der Waals surface area contributed by atoms with Crippen LogP contribution in [0.2, 0.25) is 0 Å². The van der Waals surface area contributed by atoms with Gasteiger partial charge in [0.05, 0.1) is 13.2 Å². The van der Waals surface area contributed by atoms with Gasteiger partial charge >= 0.3 is 0 Å². The van der Waals surface area contributed by atoms with Crippen LogP contribution in [0.5, 0.6) is 0 Å². The number of ether oxygens (including phenoxy) is 1. The molecular weight excluding hydrogens is 336 g/mol. The number of guanidine groups is 1. The summed E-state index contributed by atoms with van der Waals surface area (Å²) in [5.41, 5.74) is 2.35. The lowest BCUT2D eigenvalue weighted by atomic mass is 10.1. The largest absolute Gasteiger partial charge is 0.380 e. The van der Waals surface area contributed by atoms with Gasteiger partial charge < -0.3 is 15.4 Å². The van der Waals surface area contributed by atoms with E-state index in [0.29, 0.717) is 31.0 Å². The molecule has 6 heteroatoms. The zero-order valence-electron chi connectivity index (χ0n) is 15.2. The molecule has 2 aromatic carbocycles. The number of rotatable bonds is 8. The van der Waals surface area contributed by atoms with Crippen molar-refractivity contribution in [1.29, 1.82) is 0 Å². The van der Waals surface area contributed by atoms with Crippen molar-refractivity contribution in [3.05, 3.63) is 70.8 Å². The maximum Gasteiger partial charge on any atom is 0.191 e. The average Bonchev–Trinajstić information content (AvgIpc) is 2.62. The van der Waals surface area contributed by atoms with Crippen LogP contribution in [0, 0.1) is 11.6 Å². The van der Waals surface area contributed by atoms with Crippen LogP contribution in [0.25, 0.3) is 0 Å². The van der Waals surface area contributed by atoms with E-state index in [1.807, 2.05) is 13.0 Å². The standard InChI is InChI=1S/C20H25F2N3O/c1-3-23-20(24-10-9-15-5-4-6-18(21)12-15)25-13-16-7-8-19(22)17(11-16)14-26-2/h4-8,11-12H,3,9-10,13-14H2,1-2H3,(H2,23,24,25). The van der Waals surface area contributed by atoms with E-state index in [2.05, 4.69) is 15.6 Å². The van der Waals surface area contributed by atoms with Crippen LogP contribution in [0.4, 0.5) is 8.78 Å². The Balaban J connectivity index is 1.94. The van der Waals surface area contributed by atoms with Crippen LogP contribution < -0.4 is 10.6 Å². The Kier molecular flexibility index (Phi) is 8.02. The fraction of sp³-hybridized carbons (Fsp3) is 0.350. The van der Waals surface area contributed by atoms with Crippen molar-refractivity contribution in [2.75, 3.05) is 20.2 Å². The van der Waals surface area contributed by atoms with Gasteiger partial charge in [-0.1, -0.05) is 18.2 Å². The summed E-state index contributed by atoms with van der Waals surface area (Å²) in [5, 5.41) is 6.40. The smallest absolute Gasteiger partial charge is 0.191 e. The first-order valence-electron chi connectivity index (χ1n) is 8.65. The molecule has 0 amide bonds.